The number of nitrogens with one attached hydrogen (secondary N) is 1. The van der Waals surface area contributed by atoms with Gasteiger partial charge in [0.2, 0.25) is 5.91 Å². The molecule has 0 saturated carbocycles. The van der Waals surface area contributed by atoms with Crippen LogP contribution in [0.5, 0.6) is 5.75 Å². The lowest BCUT2D eigenvalue weighted by Crippen LogP contribution is -2.45. The molecule has 158 valence electrons. The molecule has 2 aliphatic rings. The second-order valence-corrected chi connectivity index (χ2v) is 7.50. The second kappa shape index (κ2) is 9.73. The van der Waals surface area contributed by atoms with Crippen LogP contribution in [-0.4, -0.2) is 62.7 Å². The van der Waals surface area contributed by atoms with Crippen LogP contribution in [0.4, 0.5) is 11.4 Å². The largest absolute Gasteiger partial charge is 0.482 e. The number of benzene rings is 2. The van der Waals surface area contributed by atoms with Gasteiger partial charge in [-0.3, -0.25) is 14.5 Å². The highest BCUT2D eigenvalue weighted by Gasteiger charge is 2.26. The fraction of sp³-hybridized carbons (Fsp3) is 0.391. The van der Waals surface area contributed by atoms with E-state index in [0.717, 1.165) is 38.4 Å². The van der Waals surface area contributed by atoms with Gasteiger partial charge in [-0.1, -0.05) is 30.3 Å². The summed E-state index contributed by atoms with van der Waals surface area (Å²) < 4.78 is 11.0. The predicted octanol–water partition coefficient (Wildman–Crippen LogP) is 2.32. The first-order valence-electron chi connectivity index (χ1n) is 10.4. The van der Waals surface area contributed by atoms with Gasteiger partial charge in [0.25, 0.3) is 5.91 Å². The van der Waals surface area contributed by atoms with Crippen molar-refractivity contribution in [3.63, 3.8) is 0 Å². The zero-order chi connectivity index (χ0) is 20.8. The maximum atomic E-state index is 12.5. The van der Waals surface area contributed by atoms with Crippen molar-refractivity contribution in [2.45, 2.75) is 12.8 Å². The fourth-order valence-corrected chi connectivity index (χ4v) is 3.72. The molecule has 1 fully saturated rings. The van der Waals surface area contributed by atoms with Crippen LogP contribution in [-0.2, 0) is 20.7 Å². The maximum absolute atomic E-state index is 12.5. The molecule has 7 nitrogen and oxygen atoms in total. The van der Waals surface area contributed by atoms with Crippen molar-refractivity contribution >= 4 is 23.2 Å². The minimum Gasteiger partial charge on any atom is -0.482 e. The Bertz CT molecular complexity index is 881. The van der Waals surface area contributed by atoms with E-state index < -0.39 is 0 Å². The number of rotatable bonds is 7. The first kappa shape index (κ1) is 20.4. The van der Waals surface area contributed by atoms with E-state index in [9.17, 15) is 9.59 Å². The molecule has 1 saturated heterocycles. The lowest BCUT2D eigenvalue weighted by Gasteiger charge is -2.33. The van der Waals surface area contributed by atoms with Gasteiger partial charge in [0, 0.05) is 38.3 Å². The number of carbonyl (C=O) groups excluding carboxylic acids is 2. The number of amides is 2. The molecule has 0 aromatic heterocycles. The fourth-order valence-electron chi connectivity index (χ4n) is 3.72. The number of ether oxygens (including phenoxy) is 2. The summed E-state index contributed by atoms with van der Waals surface area (Å²) in [6.45, 7) is 4.62. The van der Waals surface area contributed by atoms with Crippen molar-refractivity contribution in [2.75, 3.05) is 56.2 Å². The van der Waals surface area contributed by atoms with Crippen molar-refractivity contribution < 1.29 is 19.1 Å². The summed E-state index contributed by atoms with van der Waals surface area (Å²) in [4.78, 5) is 28.9. The molecule has 2 aromatic carbocycles. The van der Waals surface area contributed by atoms with Crippen molar-refractivity contribution in [1.82, 2.24) is 4.90 Å². The van der Waals surface area contributed by atoms with E-state index in [-0.39, 0.29) is 18.4 Å². The summed E-state index contributed by atoms with van der Waals surface area (Å²) in [5, 5.41) is 2.94. The van der Waals surface area contributed by atoms with E-state index >= 15 is 0 Å². The van der Waals surface area contributed by atoms with E-state index in [1.165, 1.54) is 0 Å². The van der Waals surface area contributed by atoms with Gasteiger partial charge in [-0.15, -0.1) is 0 Å². The third kappa shape index (κ3) is 5.17. The van der Waals surface area contributed by atoms with E-state index in [1.54, 1.807) is 4.90 Å². The molecule has 0 aliphatic carbocycles. The third-order valence-corrected chi connectivity index (χ3v) is 5.41. The third-order valence-electron chi connectivity index (χ3n) is 5.41. The van der Waals surface area contributed by atoms with Gasteiger partial charge in [-0.2, -0.15) is 0 Å². The highest BCUT2D eigenvalue weighted by Crippen LogP contribution is 2.34. The van der Waals surface area contributed by atoms with Crippen molar-refractivity contribution in [3.8, 4) is 5.75 Å². The predicted molar refractivity (Wildman–Crippen MR) is 115 cm³/mol. The highest BCUT2D eigenvalue weighted by molar-refractivity contribution is 5.99. The SMILES string of the molecule is O=C(CCc1ccccc1)Nc1ccc2c(c1)N(CCN1CCOCC1)C(=O)CO2. The van der Waals surface area contributed by atoms with Gasteiger partial charge in [0.05, 0.1) is 18.9 Å². The molecular weight excluding hydrogens is 382 g/mol. The van der Waals surface area contributed by atoms with E-state index in [4.69, 9.17) is 9.47 Å². The second-order valence-electron chi connectivity index (χ2n) is 7.50. The number of aryl methyl sites for hydroxylation is 1. The van der Waals surface area contributed by atoms with Crippen LogP contribution < -0.4 is 15.0 Å². The zero-order valence-electron chi connectivity index (χ0n) is 17.0. The summed E-state index contributed by atoms with van der Waals surface area (Å²) in [5.41, 5.74) is 2.51. The highest BCUT2D eigenvalue weighted by atomic mass is 16.5. The molecule has 2 aliphatic heterocycles. The Kier molecular flexibility index (Phi) is 6.61. The molecule has 0 radical (unpaired) electrons. The van der Waals surface area contributed by atoms with Crippen molar-refractivity contribution in [3.05, 3.63) is 54.1 Å². The number of morpholine rings is 1. The minimum absolute atomic E-state index is 0.0406. The summed E-state index contributed by atoms with van der Waals surface area (Å²) in [6, 6.07) is 15.4. The van der Waals surface area contributed by atoms with Crippen LogP contribution in [0.2, 0.25) is 0 Å². The lowest BCUT2D eigenvalue weighted by molar-refractivity contribution is -0.121. The number of hydrogen-bond acceptors (Lipinski definition) is 5. The Balaban J connectivity index is 1.39. The van der Waals surface area contributed by atoms with E-state index in [0.29, 0.717) is 36.5 Å². The molecule has 0 unspecified atom stereocenters. The van der Waals surface area contributed by atoms with E-state index in [1.807, 2.05) is 48.5 Å². The van der Waals surface area contributed by atoms with Gasteiger partial charge in [-0.25, -0.2) is 0 Å². The Labute approximate surface area is 176 Å². The summed E-state index contributed by atoms with van der Waals surface area (Å²) in [5.74, 6) is 0.545. The summed E-state index contributed by atoms with van der Waals surface area (Å²) in [6.07, 6.45) is 1.09. The molecule has 0 spiro atoms. The molecule has 2 heterocycles. The Hall–Kier alpha value is -2.90. The van der Waals surface area contributed by atoms with Gasteiger partial charge < -0.3 is 19.7 Å². The van der Waals surface area contributed by atoms with Gasteiger partial charge in [-0.05, 0) is 30.2 Å². The molecule has 2 amide bonds. The topological polar surface area (TPSA) is 71.1 Å². The smallest absolute Gasteiger partial charge is 0.265 e. The zero-order valence-corrected chi connectivity index (χ0v) is 17.0. The van der Waals surface area contributed by atoms with Crippen LogP contribution in [0.25, 0.3) is 0 Å². The Morgan fingerprint density at radius 1 is 1.03 bits per heavy atom. The molecular formula is C23H27N3O4. The molecule has 0 bridgehead atoms. The van der Waals surface area contributed by atoms with Crippen LogP contribution in [0.1, 0.15) is 12.0 Å². The molecule has 30 heavy (non-hydrogen) atoms. The average molecular weight is 409 g/mol. The Morgan fingerprint density at radius 2 is 1.83 bits per heavy atom. The molecule has 4 rings (SSSR count). The molecule has 7 heteroatoms. The number of anilines is 2. The summed E-state index contributed by atoms with van der Waals surface area (Å²) in [7, 11) is 0. The number of fused-ring (bicyclic) bond motifs is 1. The normalized spacial score (nSPS) is 16.7. The van der Waals surface area contributed by atoms with Crippen molar-refractivity contribution in [1.29, 1.82) is 0 Å². The standard InChI is InChI=1S/C23H27N3O4/c27-22(9-6-18-4-2-1-3-5-18)24-19-7-8-21-20(16-19)26(23(28)17-30-21)11-10-25-12-14-29-15-13-25/h1-5,7-8,16H,6,9-15,17H2,(H,24,27). The van der Waals surface area contributed by atoms with Gasteiger partial charge in [0.1, 0.15) is 5.75 Å². The first-order valence-corrected chi connectivity index (χ1v) is 10.4. The summed E-state index contributed by atoms with van der Waals surface area (Å²) >= 11 is 0. The van der Waals surface area contributed by atoms with Crippen LogP contribution in [0, 0.1) is 0 Å². The van der Waals surface area contributed by atoms with Crippen molar-refractivity contribution in [2.24, 2.45) is 0 Å². The monoisotopic (exact) mass is 409 g/mol. The lowest BCUT2D eigenvalue weighted by atomic mass is 10.1. The van der Waals surface area contributed by atoms with Gasteiger partial charge >= 0.3 is 0 Å². The Morgan fingerprint density at radius 3 is 2.63 bits per heavy atom. The number of nitrogens with zero attached hydrogens (tertiary/aromatic N) is 2. The van der Waals surface area contributed by atoms with E-state index in [2.05, 4.69) is 10.2 Å². The minimum atomic E-state index is -0.0664. The number of hydrogen-bond donors (Lipinski definition) is 1. The first-order chi connectivity index (χ1) is 14.7. The molecule has 2 aromatic rings. The molecule has 0 atom stereocenters. The number of carbonyl (C=O) groups is 2. The average Bonchev–Trinajstić information content (AvgIpc) is 2.78. The van der Waals surface area contributed by atoms with Crippen LogP contribution in [0.3, 0.4) is 0 Å². The van der Waals surface area contributed by atoms with Gasteiger partial charge in [0.15, 0.2) is 6.61 Å². The quantitative estimate of drug-likeness (QED) is 0.760. The van der Waals surface area contributed by atoms with Crippen LogP contribution >= 0.6 is 0 Å². The van der Waals surface area contributed by atoms with Crippen LogP contribution in [0.15, 0.2) is 48.5 Å². The maximum Gasteiger partial charge on any atom is 0.265 e. The molecule has 1 N–H and O–H groups in total.